The zero-order valence-corrected chi connectivity index (χ0v) is 12.4. The topological polar surface area (TPSA) is 6.48 Å². The van der Waals surface area contributed by atoms with Gasteiger partial charge in [0.25, 0.3) is 0 Å². The van der Waals surface area contributed by atoms with Crippen molar-refractivity contribution in [3.8, 4) is 0 Å². The van der Waals surface area contributed by atoms with Crippen LogP contribution in [0.5, 0.6) is 0 Å². The fourth-order valence-electron chi connectivity index (χ4n) is 1.86. The van der Waals surface area contributed by atoms with Crippen molar-refractivity contribution in [1.29, 1.82) is 0 Å². The van der Waals surface area contributed by atoms with Crippen molar-refractivity contribution in [1.82, 2.24) is 9.80 Å². The molecule has 0 aromatic heterocycles. The first-order chi connectivity index (χ1) is 8.45. The molecule has 0 N–H and O–H groups in total. The minimum Gasteiger partial charge on any atom is -0.378 e. The average Bonchev–Trinajstić information content (AvgIpc) is 2.36. The molecular weight excluding hydrogens is 220 g/mol. The van der Waals surface area contributed by atoms with E-state index in [9.17, 15) is 0 Å². The van der Waals surface area contributed by atoms with E-state index in [1.165, 1.54) is 16.8 Å². The summed E-state index contributed by atoms with van der Waals surface area (Å²) in [4.78, 5) is 4.42. The van der Waals surface area contributed by atoms with Gasteiger partial charge in [0.15, 0.2) is 0 Å². The molecule has 0 bridgehead atoms. The van der Waals surface area contributed by atoms with Crippen LogP contribution in [0.25, 0.3) is 0 Å². The predicted molar refractivity (Wildman–Crippen MR) is 79.7 cm³/mol. The van der Waals surface area contributed by atoms with Crippen LogP contribution in [0, 0.1) is 0 Å². The van der Waals surface area contributed by atoms with Gasteiger partial charge < -0.3 is 9.80 Å². The summed E-state index contributed by atoms with van der Waals surface area (Å²) in [6, 6.07) is 9.26. The highest BCUT2D eigenvalue weighted by atomic mass is 15.1. The lowest BCUT2D eigenvalue weighted by molar-refractivity contribution is 0.321. The second-order valence-corrected chi connectivity index (χ2v) is 5.14. The summed E-state index contributed by atoms with van der Waals surface area (Å²) in [5.41, 5.74) is 3.88. The molecule has 0 spiro atoms. The number of hydrogen-bond acceptors (Lipinski definition) is 2. The Kier molecular flexibility index (Phi) is 5.42. The van der Waals surface area contributed by atoms with Crippen LogP contribution >= 0.6 is 0 Å². The summed E-state index contributed by atoms with van der Waals surface area (Å²) < 4.78 is 0. The molecule has 2 heteroatoms. The van der Waals surface area contributed by atoms with Crippen molar-refractivity contribution in [2.24, 2.45) is 0 Å². The first kappa shape index (κ1) is 14.8. The standard InChI is InChI=1S/C16H26N2/c1-7-18(6)13(2)11-15-9-8-10-16(12-15)14(3)17(4)5/h8-10,12,14H,2,7,11H2,1,3-6H3/t14-/m0/s1. The van der Waals surface area contributed by atoms with E-state index in [-0.39, 0.29) is 0 Å². The maximum atomic E-state index is 4.15. The maximum absolute atomic E-state index is 4.15. The molecule has 0 aliphatic carbocycles. The SMILES string of the molecule is C=C(Cc1cccc([C@H](C)N(C)C)c1)N(C)CC. The fourth-order valence-corrected chi connectivity index (χ4v) is 1.86. The third-order valence-corrected chi connectivity index (χ3v) is 3.63. The second-order valence-electron chi connectivity index (χ2n) is 5.14. The van der Waals surface area contributed by atoms with Crippen LogP contribution in [-0.4, -0.2) is 37.5 Å². The summed E-state index contributed by atoms with van der Waals surface area (Å²) in [6.07, 6.45) is 0.929. The lowest BCUT2D eigenvalue weighted by Gasteiger charge is -2.22. The summed E-state index contributed by atoms with van der Waals surface area (Å²) in [6.45, 7) is 9.53. The molecule has 1 aromatic rings. The van der Waals surface area contributed by atoms with Crippen LogP contribution in [-0.2, 0) is 6.42 Å². The van der Waals surface area contributed by atoms with Gasteiger partial charge >= 0.3 is 0 Å². The Morgan fingerprint density at radius 1 is 1.28 bits per heavy atom. The molecule has 0 aliphatic heterocycles. The number of likely N-dealkylation sites (N-methyl/N-ethyl adjacent to an activating group) is 1. The van der Waals surface area contributed by atoms with Crippen molar-refractivity contribution in [3.05, 3.63) is 47.7 Å². The Morgan fingerprint density at radius 3 is 2.50 bits per heavy atom. The van der Waals surface area contributed by atoms with Gasteiger partial charge in [-0.3, -0.25) is 0 Å². The van der Waals surface area contributed by atoms with Gasteiger partial charge in [-0.25, -0.2) is 0 Å². The zero-order valence-electron chi connectivity index (χ0n) is 12.4. The van der Waals surface area contributed by atoms with Crippen LogP contribution in [0.2, 0.25) is 0 Å². The quantitative estimate of drug-likeness (QED) is 0.760. The van der Waals surface area contributed by atoms with E-state index < -0.39 is 0 Å². The van der Waals surface area contributed by atoms with Gasteiger partial charge in [0.05, 0.1) is 0 Å². The third-order valence-electron chi connectivity index (χ3n) is 3.63. The highest BCUT2D eigenvalue weighted by Gasteiger charge is 2.09. The molecule has 0 aliphatic rings. The molecule has 0 amide bonds. The lowest BCUT2D eigenvalue weighted by atomic mass is 10.0. The molecule has 0 unspecified atom stereocenters. The average molecular weight is 246 g/mol. The van der Waals surface area contributed by atoms with E-state index in [1.807, 2.05) is 0 Å². The van der Waals surface area contributed by atoms with Crippen molar-refractivity contribution in [2.75, 3.05) is 27.7 Å². The van der Waals surface area contributed by atoms with E-state index in [1.54, 1.807) is 0 Å². The fraction of sp³-hybridized carbons (Fsp3) is 0.500. The van der Waals surface area contributed by atoms with Gasteiger partial charge in [-0.15, -0.1) is 0 Å². The van der Waals surface area contributed by atoms with E-state index in [4.69, 9.17) is 0 Å². The molecule has 100 valence electrons. The molecule has 1 atom stereocenters. The Labute approximate surface area is 112 Å². The summed E-state index contributed by atoms with van der Waals surface area (Å²) in [7, 11) is 6.32. The molecule has 2 nitrogen and oxygen atoms in total. The molecule has 0 heterocycles. The van der Waals surface area contributed by atoms with Crippen LogP contribution in [0.1, 0.15) is 31.0 Å². The first-order valence-corrected chi connectivity index (χ1v) is 6.59. The highest BCUT2D eigenvalue weighted by Crippen LogP contribution is 2.20. The lowest BCUT2D eigenvalue weighted by Crippen LogP contribution is -2.18. The van der Waals surface area contributed by atoms with E-state index in [0.29, 0.717) is 6.04 Å². The van der Waals surface area contributed by atoms with Gasteiger partial charge in [0.2, 0.25) is 0 Å². The first-order valence-electron chi connectivity index (χ1n) is 6.59. The minimum absolute atomic E-state index is 0.446. The monoisotopic (exact) mass is 246 g/mol. The van der Waals surface area contributed by atoms with E-state index in [2.05, 4.69) is 75.6 Å². The Morgan fingerprint density at radius 2 is 1.94 bits per heavy atom. The van der Waals surface area contributed by atoms with Crippen LogP contribution in [0.15, 0.2) is 36.5 Å². The molecule has 0 saturated heterocycles. The number of hydrogen-bond donors (Lipinski definition) is 0. The van der Waals surface area contributed by atoms with Crippen LogP contribution in [0.3, 0.4) is 0 Å². The molecule has 18 heavy (non-hydrogen) atoms. The van der Waals surface area contributed by atoms with Gasteiger partial charge in [0.1, 0.15) is 0 Å². The molecule has 0 saturated carbocycles. The molecule has 0 radical (unpaired) electrons. The van der Waals surface area contributed by atoms with Crippen molar-refractivity contribution in [2.45, 2.75) is 26.3 Å². The predicted octanol–water partition coefficient (Wildman–Crippen LogP) is 3.32. The van der Waals surface area contributed by atoms with Crippen molar-refractivity contribution < 1.29 is 0 Å². The summed E-state index contributed by atoms with van der Waals surface area (Å²) >= 11 is 0. The van der Waals surface area contributed by atoms with Crippen molar-refractivity contribution in [3.63, 3.8) is 0 Å². The number of allylic oxidation sites excluding steroid dienone is 1. The number of rotatable bonds is 6. The van der Waals surface area contributed by atoms with Gasteiger partial charge in [-0.05, 0) is 39.1 Å². The second kappa shape index (κ2) is 6.60. The Balaban J connectivity index is 2.80. The van der Waals surface area contributed by atoms with E-state index >= 15 is 0 Å². The Hall–Kier alpha value is -1.28. The van der Waals surface area contributed by atoms with Gasteiger partial charge in [-0.1, -0.05) is 30.8 Å². The number of nitrogens with zero attached hydrogens (tertiary/aromatic N) is 2. The third kappa shape index (κ3) is 3.88. The summed E-state index contributed by atoms with van der Waals surface area (Å²) in [5.74, 6) is 0. The number of benzene rings is 1. The molecular formula is C16H26N2. The molecule has 0 fully saturated rings. The highest BCUT2D eigenvalue weighted by molar-refractivity contribution is 5.28. The minimum atomic E-state index is 0.446. The zero-order chi connectivity index (χ0) is 13.7. The normalized spacial score (nSPS) is 12.6. The van der Waals surface area contributed by atoms with Gasteiger partial charge in [-0.2, -0.15) is 0 Å². The Bertz CT molecular complexity index is 396. The molecule has 1 rings (SSSR count). The van der Waals surface area contributed by atoms with Crippen LogP contribution in [0.4, 0.5) is 0 Å². The van der Waals surface area contributed by atoms with E-state index in [0.717, 1.165) is 13.0 Å². The van der Waals surface area contributed by atoms with Crippen molar-refractivity contribution >= 4 is 0 Å². The summed E-state index contributed by atoms with van der Waals surface area (Å²) in [5, 5.41) is 0. The van der Waals surface area contributed by atoms with Crippen LogP contribution < -0.4 is 0 Å². The smallest absolute Gasteiger partial charge is 0.0313 e. The largest absolute Gasteiger partial charge is 0.378 e. The maximum Gasteiger partial charge on any atom is 0.0313 e. The van der Waals surface area contributed by atoms with Gasteiger partial charge in [0, 0.05) is 31.8 Å². The molecule has 1 aromatic carbocycles.